The fourth-order valence-electron chi connectivity index (χ4n) is 1.37. The summed E-state index contributed by atoms with van der Waals surface area (Å²) in [5.41, 5.74) is 0.304. The summed E-state index contributed by atoms with van der Waals surface area (Å²) in [5.74, 6) is -1.18. The molecule has 4 heteroatoms. The molecule has 0 saturated carbocycles. The third kappa shape index (κ3) is 3.59. The van der Waals surface area contributed by atoms with Gasteiger partial charge in [-0.3, -0.25) is 0 Å². The minimum absolute atomic E-state index is 0.106. The number of benzene rings is 1. The van der Waals surface area contributed by atoms with Crippen molar-refractivity contribution in [2.45, 2.75) is 25.8 Å². The molecule has 1 aromatic rings. The van der Waals surface area contributed by atoms with Crippen LogP contribution < -0.4 is 5.32 Å². The number of rotatable bonds is 5. The van der Waals surface area contributed by atoms with E-state index in [-0.39, 0.29) is 6.04 Å². The molecule has 0 radical (unpaired) electrons. The van der Waals surface area contributed by atoms with Crippen LogP contribution in [0.2, 0.25) is 0 Å². The fourth-order valence-corrected chi connectivity index (χ4v) is 1.89. The molecule has 0 aliphatic rings. The summed E-state index contributed by atoms with van der Waals surface area (Å²) in [7, 11) is 0. The largest absolute Gasteiger partial charge is 0.379 e. The average molecular weight is 290 g/mol. The van der Waals surface area contributed by atoms with Crippen molar-refractivity contribution in [1.82, 2.24) is 0 Å². The normalized spacial score (nSPS) is 12.2. The monoisotopic (exact) mass is 289 g/mol. The van der Waals surface area contributed by atoms with Crippen molar-refractivity contribution in [2.24, 2.45) is 0 Å². The molecule has 1 unspecified atom stereocenters. The summed E-state index contributed by atoms with van der Waals surface area (Å²) < 4.78 is 26.7. The summed E-state index contributed by atoms with van der Waals surface area (Å²) in [4.78, 5) is 0. The highest BCUT2D eigenvalue weighted by Gasteiger charge is 2.11. The molecule has 16 heavy (non-hydrogen) atoms. The molecule has 0 heterocycles. The maximum absolute atomic E-state index is 13.4. The molecular formula is C12H14BrF2N. The predicted molar refractivity (Wildman–Crippen MR) is 66.6 cm³/mol. The quantitative estimate of drug-likeness (QED) is 0.788. The van der Waals surface area contributed by atoms with Gasteiger partial charge in [0.25, 0.3) is 0 Å². The van der Waals surface area contributed by atoms with Gasteiger partial charge < -0.3 is 5.32 Å². The Morgan fingerprint density at radius 1 is 1.50 bits per heavy atom. The van der Waals surface area contributed by atoms with Gasteiger partial charge in [-0.15, -0.1) is 6.58 Å². The molecule has 0 bridgehead atoms. The molecular weight excluding hydrogens is 276 g/mol. The van der Waals surface area contributed by atoms with Crippen LogP contribution in [0.25, 0.3) is 0 Å². The summed E-state index contributed by atoms with van der Waals surface area (Å²) in [6.07, 6.45) is 3.52. The van der Waals surface area contributed by atoms with Crippen LogP contribution in [0.3, 0.4) is 0 Å². The molecule has 0 aliphatic carbocycles. The Morgan fingerprint density at radius 2 is 2.19 bits per heavy atom. The molecule has 1 atom stereocenters. The molecule has 0 saturated heterocycles. The van der Waals surface area contributed by atoms with Crippen LogP contribution in [0, 0.1) is 11.6 Å². The number of halogens is 3. The van der Waals surface area contributed by atoms with Crippen molar-refractivity contribution in [3.63, 3.8) is 0 Å². The second-order valence-corrected chi connectivity index (χ2v) is 4.51. The van der Waals surface area contributed by atoms with Gasteiger partial charge in [0.05, 0.1) is 5.69 Å². The van der Waals surface area contributed by atoms with Crippen molar-refractivity contribution in [3.8, 4) is 0 Å². The van der Waals surface area contributed by atoms with Crippen LogP contribution >= 0.6 is 15.9 Å². The molecule has 0 amide bonds. The van der Waals surface area contributed by atoms with E-state index < -0.39 is 11.6 Å². The molecule has 0 aliphatic heterocycles. The Bertz CT molecular complexity index is 356. The minimum atomic E-state index is -0.589. The maximum Gasteiger partial charge on any atom is 0.150 e. The van der Waals surface area contributed by atoms with E-state index in [0.717, 1.165) is 18.9 Å². The highest BCUT2D eigenvalue weighted by Crippen LogP contribution is 2.27. The third-order valence-corrected chi connectivity index (χ3v) is 2.83. The number of anilines is 1. The van der Waals surface area contributed by atoms with Crippen LogP contribution in [0.4, 0.5) is 14.5 Å². The lowest BCUT2D eigenvalue weighted by Crippen LogP contribution is -2.16. The first kappa shape index (κ1) is 13.2. The van der Waals surface area contributed by atoms with Crippen LogP contribution in [-0.2, 0) is 0 Å². The molecule has 0 fully saturated rings. The maximum atomic E-state index is 13.4. The zero-order chi connectivity index (χ0) is 12.1. The van der Waals surface area contributed by atoms with E-state index in [2.05, 4.69) is 27.8 Å². The van der Waals surface area contributed by atoms with Crippen molar-refractivity contribution in [2.75, 3.05) is 5.32 Å². The first-order valence-corrected chi connectivity index (χ1v) is 5.86. The van der Waals surface area contributed by atoms with Gasteiger partial charge in [0.1, 0.15) is 11.6 Å². The van der Waals surface area contributed by atoms with Gasteiger partial charge in [-0.25, -0.2) is 8.78 Å². The summed E-state index contributed by atoms with van der Waals surface area (Å²) in [5, 5.41) is 3.00. The van der Waals surface area contributed by atoms with Crippen molar-refractivity contribution in [1.29, 1.82) is 0 Å². The van der Waals surface area contributed by atoms with E-state index in [1.54, 1.807) is 0 Å². The average Bonchev–Trinajstić information content (AvgIpc) is 2.20. The summed E-state index contributed by atoms with van der Waals surface area (Å²) in [6, 6.07) is 2.22. The lowest BCUT2D eigenvalue weighted by molar-refractivity contribution is 0.580. The number of allylic oxidation sites excluding steroid dienone is 1. The zero-order valence-electron chi connectivity index (χ0n) is 9.06. The van der Waals surface area contributed by atoms with E-state index in [1.165, 1.54) is 6.07 Å². The Balaban J connectivity index is 2.76. The van der Waals surface area contributed by atoms with Gasteiger partial charge >= 0.3 is 0 Å². The minimum Gasteiger partial charge on any atom is -0.379 e. The smallest absolute Gasteiger partial charge is 0.150 e. The lowest BCUT2D eigenvalue weighted by Gasteiger charge is -2.16. The molecule has 1 N–H and O–H groups in total. The van der Waals surface area contributed by atoms with Crippen LogP contribution in [0.15, 0.2) is 29.3 Å². The fraction of sp³-hybridized carbons (Fsp3) is 0.333. The Hall–Kier alpha value is -0.900. The third-order valence-electron chi connectivity index (χ3n) is 2.20. The predicted octanol–water partition coefficient (Wildman–Crippen LogP) is 4.49. The van der Waals surface area contributed by atoms with Crippen LogP contribution in [0.1, 0.15) is 19.8 Å². The SMILES string of the molecule is C=CCCC(C)Nc1c(F)cc(F)cc1Br. The number of hydrogen-bond donors (Lipinski definition) is 1. The van der Waals surface area contributed by atoms with Crippen LogP contribution in [-0.4, -0.2) is 6.04 Å². The van der Waals surface area contributed by atoms with Gasteiger partial charge in [0.15, 0.2) is 0 Å². The van der Waals surface area contributed by atoms with Gasteiger partial charge in [0, 0.05) is 16.6 Å². The number of hydrogen-bond acceptors (Lipinski definition) is 1. The highest BCUT2D eigenvalue weighted by molar-refractivity contribution is 9.10. The second-order valence-electron chi connectivity index (χ2n) is 3.66. The second kappa shape index (κ2) is 5.99. The highest BCUT2D eigenvalue weighted by atomic mass is 79.9. The van der Waals surface area contributed by atoms with Gasteiger partial charge in [-0.05, 0) is 41.8 Å². The number of nitrogens with one attached hydrogen (secondary N) is 1. The standard InChI is InChI=1S/C12H14BrF2N/c1-3-4-5-8(2)16-12-10(13)6-9(14)7-11(12)15/h3,6-8,16H,1,4-5H2,2H3. The topological polar surface area (TPSA) is 12.0 Å². The van der Waals surface area contributed by atoms with E-state index in [0.29, 0.717) is 10.2 Å². The summed E-state index contributed by atoms with van der Waals surface area (Å²) >= 11 is 3.13. The molecule has 0 aromatic heterocycles. The van der Waals surface area contributed by atoms with Crippen molar-refractivity contribution in [3.05, 3.63) is 40.9 Å². The molecule has 88 valence electrons. The van der Waals surface area contributed by atoms with E-state index in [9.17, 15) is 8.78 Å². The molecule has 0 spiro atoms. The van der Waals surface area contributed by atoms with E-state index >= 15 is 0 Å². The Kier molecular flexibility index (Phi) is 4.93. The molecule has 1 rings (SSSR count). The van der Waals surface area contributed by atoms with Gasteiger partial charge in [-0.1, -0.05) is 6.08 Å². The van der Waals surface area contributed by atoms with Crippen LogP contribution in [0.5, 0.6) is 0 Å². The van der Waals surface area contributed by atoms with Gasteiger partial charge in [0.2, 0.25) is 0 Å². The van der Waals surface area contributed by atoms with Crippen molar-refractivity contribution < 1.29 is 8.78 Å². The molecule has 1 aromatic carbocycles. The first-order valence-electron chi connectivity index (χ1n) is 5.06. The molecule has 1 nitrogen and oxygen atoms in total. The Labute approximate surface area is 103 Å². The van der Waals surface area contributed by atoms with Crippen molar-refractivity contribution >= 4 is 21.6 Å². The summed E-state index contributed by atoms with van der Waals surface area (Å²) in [6.45, 7) is 5.57. The van der Waals surface area contributed by atoms with E-state index in [4.69, 9.17) is 0 Å². The zero-order valence-corrected chi connectivity index (χ0v) is 10.7. The Morgan fingerprint density at radius 3 is 2.75 bits per heavy atom. The lowest BCUT2D eigenvalue weighted by atomic mass is 10.1. The first-order chi connectivity index (χ1) is 7.54. The van der Waals surface area contributed by atoms with Gasteiger partial charge in [-0.2, -0.15) is 0 Å². The van der Waals surface area contributed by atoms with E-state index in [1.807, 2.05) is 13.0 Å².